The van der Waals surface area contributed by atoms with Crippen molar-refractivity contribution in [3.8, 4) is 0 Å². The zero-order valence-corrected chi connectivity index (χ0v) is 14.7. The largest absolute Gasteiger partial charge is 0.545 e. The number of morpholine rings is 1. The van der Waals surface area contributed by atoms with E-state index in [0.717, 1.165) is 6.42 Å². The van der Waals surface area contributed by atoms with Crippen LogP contribution in [0, 0.1) is 23.7 Å². The van der Waals surface area contributed by atoms with Crippen molar-refractivity contribution >= 4 is 29.2 Å². The zero-order valence-electron chi connectivity index (χ0n) is 14.7. The number of rotatable bonds is 3. The molecule has 3 fully saturated rings. The highest BCUT2D eigenvalue weighted by molar-refractivity contribution is 6.23. The molecule has 0 spiro atoms. The first-order valence-electron chi connectivity index (χ1n) is 9.30. The van der Waals surface area contributed by atoms with E-state index < -0.39 is 5.97 Å². The van der Waals surface area contributed by atoms with E-state index in [0.29, 0.717) is 37.7 Å². The number of imide groups is 1. The molecule has 2 bridgehead atoms. The lowest BCUT2D eigenvalue weighted by Gasteiger charge is -2.31. The van der Waals surface area contributed by atoms with Gasteiger partial charge in [0.2, 0.25) is 11.8 Å². The monoisotopic (exact) mass is 367 g/mol. The molecule has 0 N–H and O–H groups in total. The molecule has 1 aromatic carbocycles. The van der Waals surface area contributed by atoms with Crippen LogP contribution in [0.1, 0.15) is 16.8 Å². The Morgan fingerprint density at radius 2 is 1.67 bits per heavy atom. The number of fused-ring (bicyclic) bond motifs is 5. The highest BCUT2D eigenvalue weighted by Gasteiger charge is 2.59. The molecule has 27 heavy (non-hydrogen) atoms. The Kier molecular flexibility index (Phi) is 3.62. The van der Waals surface area contributed by atoms with Gasteiger partial charge in [-0.05, 0) is 36.5 Å². The van der Waals surface area contributed by atoms with Crippen LogP contribution in [0.3, 0.4) is 0 Å². The summed E-state index contributed by atoms with van der Waals surface area (Å²) < 4.78 is 5.31. The number of carboxylic acids is 1. The molecule has 7 nitrogen and oxygen atoms in total. The Morgan fingerprint density at radius 3 is 2.26 bits per heavy atom. The molecule has 1 saturated carbocycles. The lowest BCUT2D eigenvalue weighted by molar-refractivity contribution is -0.255. The van der Waals surface area contributed by atoms with Crippen LogP contribution in [-0.2, 0) is 14.3 Å². The molecule has 5 rings (SSSR count). The smallest absolute Gasteiger partial charge is 0.238 e. The Labute approximate surface area is 156 Å². The molecular formula is C20H19N2O5-. The number of anilines is 2. The van der Waals surface area contributed by atoms with Crippen LogP contribution in [0.15, 0.2) is 30.4 Å². The normalized spacial score (nSPS) is 31.7. The molecule has 2 heterocycles. The number of hydrogen-bond donors (Lipinski definition) is 0. The second-order valence-electron chi connectivity index (χ2n) is 7.60. The van der Waals surface area contributed by atoms with Gasteiger partial charge in [0.25, 0.3) is 0 Å². The van der Waals surface area contributed by atoms with E-state index in [1.54, 1.807) is 12.1 Å². The summed E-state index contributed by atoms with van der Waals surface area (Å²) in [5.41, 5.74) is 0.839. The van der Waals surface area contributed by atoms with E-state index in [2.05, 4.69) is 0 Å². The summed E-state index contributed by atoms with van der Waals surface area (Å²) in [6.45, 7) is 2.22. The minimum atomic E-state index is -1.32. The summed E-state index contributed by atoms with van der Waals surface area (Å²) in [5.74, 6) is -2.13. The topological polar surface area (TPSA) is 90.0 Å². The third-order valence-electron chi connectivity index (χ3n) is 6.28. The number of amides is 2. The van der Waals surface area contributed by atoms with Gasteiger partial charge >= 0.3 is 0 Å². The first-order valence-corrected chi connectivity index (χ1v) is 9.30. The maximum absolute atomic E-state index is 12.9. The Balaban J connectivity index is 1.51. The predicted octanol–water partition coefficient (Wildman–Crippen LogP) is 0.198. The highest BCUT2D eigenvalue weighted by Crippen LogP contribution is 2.53. The number of carbonyl (C=O) groups is 3. The fourth-order valence-electron chi connectivity index (χ4n) is 5.06. The Morgan fingerprint density at radius 1 is 1.04 bits per heavy atom. The zero-order chi connectivity index (χ0) is 18.7. The van der Waals surface area contributed by atoms with E-state index in [1.165, 1.54) is 11.0 Å². The van der Waals surface area contributed by atoms with E-state index in [-0.39, 0.29) is 41.0 Å². The average molecular weight is 367 g/mol. The first kappa shape index (κ1) is 16.5. The van der Waals surface area contributed by atoms with Crippen molar-refractivity contribution in [3.63, 3.8) is 0 Å². The van der Waals surface area contributed by atoms with Gasteiger partial charge in [-0.15, -0.1) is 0 Å². The van der Waals surface area contributed by atoms with Gasteiger partial charge in [-0.25, -0.2) is 4.90 Å². The van der Waals surface area contributed by atoms with Gasteiger partial charge in [-0.2, -0.15) is 0 Å². The second-order valence-corrected chi connectivity index (χ2v) is 7.60. The quantitative estimate of drug-likeness (QED) is 0.560. The van der Waals surface area contributed by atoms with Crippen molar-refractivity contribution in [1.82, 2.24) is 0 Å². The van der Waals surface area contributed by atoms with Crippen molar-refractivity contribution in [2.24, 2.45) is 23.7 Å². The van der Waals surface area contributed by atoms with Crippen molar-refractivity contribution in [3.05, 3.63) is 35.9 Å². The van der Waals surface area contributed by atoms with Crippen LogP contribution in [0.25, 0.3) is 0 Å². The Hall–Kier alpha value is -2.67. The molecule has 4 aliphatic rings. The number of aromatic carboxylic acids is 1. The van der Waals surface area contributed by atoms with Crippen LogP contribution >= 0.6 is 0 Å². The third-order valence-corrected chi connectivity index (χ3v) is 6.28. The van der Waals surface area contributed by atoms with E-state index in [9.17, 15) is 19.5 Å². The summed E-state index contributed by atoms with van der Waals surface area (Å²) in [4.78, 5) is 40.7. The number of carbonyl (C=O) groups excluding carboxylic acids is 3. The summed E-state index contributed by atoms with van der Waals surface area (Å²) in [6, 6.07) is 4.71. The molecule has 4 atom stereocenters. The van der Waals surface area contributed by atoms with Gasteiger partial charge in [-0.1, -0.05) is 12.2 Å². The van der Waals surface area contributed by atoms with Crippen LogP contribution in [0.2, 0.25) is 0 Å². The molecule has 0 unspecified atom stereocenters. The summed E-state index contributed by atoms with van der Waals surface area (Å²) in [6.07, 6.45) is 4.93. The fourth-order valence-corrected chi connectivity index (χ4v) is 5.06. The highest BCUT2D eigenvalue weighted by atomic mass is 16.5. The molecule has 2 aliphatic heterocycles. The van der Waals surface area contributed by atoms with Gasteiger partial charge < -0.3 is 19.5 Å². The van der Waals surface area contributed by atoms with Crippen molar-refractivity contribution in [2.45, 2.75) is 6.42 Å². The van der Waals surface area contributed by atoms with E-state index in [4.69, 9.17) is 4.74 Å². The predicted molar refractivity (Wildman–Crippen MR) is 94.0 cm³/mol. The number of ether oxygens (including phenoxy) is 1. The number of allylic oxidation sites excluding steroid dienone is 2. The molecular weight excluding hydrogens is 348 g/mol. The lowest BCUT2D eigenvalue weighted by Crippen LogP contribution is -2.38. The lowest BCUT2D eigenvalue weighted by atomic mass is 9.85. The molecule has 1 aromatic rings. The van der Waals surface area contributed by atoms with Gasteiger partial charge in [0, 0.05) is 24.3 Å². The average Bonchev–Trinajstić information content (AvgIpc) is 3.36. The van der Waals surface area contributed by atoms with E-state index >= 15 is 0 Å². The minimum Gasteiger partial charge on any atom is -0.545 e. The SMILES string of the molecule is O=C([O-])c1cc(N2C(=O)[C@@H]3[C@H](C2=O)[C@@H]2C=C[C@@H]3C2)ccc1N1CCOCC1. The minimum absolute atomic E-state index is 0.00634. The van der Waals surface area contributed by atoms with Crippen LogP contribution in [0.4, 0.5) is 11.4 Å². The molecule has 7 heteroatoms. The molecule has 0 radical (unpaired) electrons. The standard InChI is InChI=1S/C20H20N2O5/c23-18-16-11-1-2-12(9-11)17(16)19(24)22(18)13-3-4-15(14(10-13)20(25)26)21-5-7-27-8-6-21/h1-4,10-12,16-17H,5-9H2,(H,25,26)/p-1/t11-,12-,16-,17+/m1/s1. The molecule has 0 aromatic heterocycles. The van der Waals surface area contributed by atoms with Gasteiger partial charge in [0.05, 0.1) is 36.7 Å². The fraction of sp³-hybridized carbons (Fsp3) is 0.450. The van der Waals surface area contributed by atoms with Crippen molar-refractivity contribution in [1.29, 1.82) is 0 Å². The number of nitrogens with zero attached hydrogens (tertiary/aromatic N) is 2. The summed E-state index contributed by atoms with van der Waals surface area (Å²) in [7, 11) is 0. The maximum Gasteiger partial charge on any atom is 0.238 e. The Bertz CT molecular complexity index is 843. The van der Waals surface area contributed by atoms with Crippen molar-refractivity contribution < 1.29 is 24.2 Å². The molecule has 2 aliphatic carbocycles. The van der Waals surface area contributed by atoms with E-state index in [1.807, 2.05) is 17.1 Å². The number of carboxylic acid groups (broad SMARTS) is 1. The van der Waals surface area contributed by atoms with Gasteiger partial charge in [0.15, 0.2) is 0 Å². The van der Waals surface area contributed by atoms with Gasteiger partial charge in [0.1, 0.15) is 0 Å². The van der Waals surface area contributed by atoms with Gasteiger partial charge in [-0.3, -0.25) is 9.59 Å². The second kappa shape index (κ2) is 5.92. The number of benzene rings is 1. The number of hydrogen-bond acceptors (Lipinski definition) is 6. The van der Waals surface area contributed by atoms with Crippen LogP contribution in [-0.4, -0.2) is 44.1 Å². The van der Waals surface area contributed by atoms with Crippen molar-refractivity contribution in [2.75, 3.05) is 36.1 Å². The first-order chi connectivity index (χ1) is 13.1. The molecule has 140 valence electrons. The van der Waals surface area contributed by atoms with Crippen LogP contribution < -0.4 is 14.9 Å². The molecule has 2 saturated heterocycles. The summed E-state index contributed by atoms with van der Waals surface area (Å²) in [5, 5.41) is 11.7. The third kappa shape index (κ3) is 2.34. The molecule has 2 amide bonds. The summed E-state index contributed by atoms with van der Waals surface area (Å²) >= 11 is 0. The maximum atomic E-state index is 12.9. The van der Waals surface area contributed by atoms with Crippen LogP contribution in [0.5, 0.6) is 0 Å².